The van der Waals surface area contributed by atoms with Gasteiger partial charge in [0.05, 0.1) is 17.6 Å². The van der Waals surface area contributed by atoms with Crippen LogP contribution in [-0.2, 0) is 0 Å². The van der Waals surface area contributed by atoms with Crippen molar-refractivity contribution in [3.63, 3.8) is 0 Å². The molecule has 1 saturated carbocycles. The van der Waals surface area contributed by atoms with E-state index in [0.717, 1.165) is 5.69 Å². The minimum absolute atomic E-state index is 0.419. The molecule has 1 heterocycles. The third kappa shape index (κ3) is 1.51. The van der Waals surface area contributed by atoms with Gasteiger partial charge in [-0.15, -0.1) is 0 Å². The molecule has 14 heavy (non-hydrogen) atoms. The molecule has 1 aliphatic carbocycles. The van der Waals surface area contributed by atoms with Gasteiger partial charge in [-0.05, 0) is 26.7 Å². The zero-order chi connectivity index (χ0) is 10.1. The second-order valence-electron chi connectivity index (χ2n) is 4.50. The van der Waals surface area contributed by atoms with Crippen molar-refractivity contribution in [1.82, 2.24) is 9.78 Å². The standard InChI is InChI=1S/C11H19N3/c1-8(2)14-11(10(12)7-13-14)9-5-3-4-6-9/h7-9H,3-6,12H2,1-2H3. The molecule has 0 saturated heterocycles. The molecule has 2 rings (SSSR count). The first-order chi connectivity index (χ1) is 6.70. The quantitative estimate of drug-likeness (QED) is 0.784. The highest BCUT2D eigenvalue weighted by atomic mass is 15.3. The number of rotatable bonds is 2. The summed E-state index contributed by atoms with van der Waals surface area (Å²) in [6.45, 7) is 4.32. The fraction of sp³-hybridized carbons (Fsp3) is 0.727. The highest BCUT2D eigenvalue weighted by Crippen LogP contribution is 2.37. The minimum atomic E-state index is 0.419. The monoisotopic (exact) mass is 193 g/mol. The van der Waals surface area contributed by atoms with Crippen LogP contribution in [0.25, 0.3) is 0 Å². The molecule has 2 N–H and O–H groups in total. The first-order valence-electron chi connectivity index (χ1n) is 5.53. The Balaban J connectivity index is 2.33. The third-order valence-corrected chi connectivity index (χ3v) is 3.09. The van der Waals surface area contributed by atoms with Crippen LogP contribution >= 0.6 is 0 Å². The molecule has 1 aromatic rings. The van der Waals surface area contributed by atoms with Gasteiger partial charge < -0.3 is 5.73 Å². The Hall–Kier alpha value is -0.990. The fourth-order valence-electron chi connectivity index (χ4n) is 2.42. The molecule has 0 amide bonds. The Labute approximate surface area is 85.3 Å². The van der Waals surface area contributed by atoms with Crippen LogP contribution in [-0.4, -0.2) is 9.78 Å². The lowest BCUT2D eigenvalue weighted by atomic mass is 10.0. The van der Waals surface area contributed by atoms with E-state index in [2.05, 4.69) is 23.6 Å². The Bertz CT molecular complexity index is 308. The molecular weight excluding hydrogens is 174 g/mol. The molecule has 1 aliphatic rings. The predicted molar refractivity (Wildman–Crippen MR) is 58.2 cm³/mol. The molecule has 1 aromatic heterocycles. The van der Waals surface area contributed by atoms with E-state index in [9.17, 15) is 0 Å². The van der Waals surface area contributed by atoms with E-state index >= 15 is 0 Å². The number of nitrogen functional groups attached to an aromatic ring is 1. The lowest BCUT2D eigenvalue weighted by molar-refractivity contribution is 0.486. The average Bonchev–Trinajstić information content (AvgIpc) is 2.71. The SMILES string of the molecule is CC(C)n1ncc(N)c1C1CCCC1. The van der Waals surface area contributed by atoms with Gasteiger partial charge in [-0.1, -0.05) is 12.8 Å². The van der Waals surface area contributed by atoms with Gasteiger partial charge in [-0.2, -0.15) is 5.10 Å². The van der Waals surface area contributed by atoms with Gasteiger partial charge in [0.1, 0.15) is 0 Å². The van der Waals surface area contributed by atoms with Gasteiger partial charge in [0, 0.05) is 12.0 Å². The van der Waals surface area contributed by atoms with Crippen LogP contribution < -0.4 is 5.73 Å². The van der Waals surface area contributed by atoms with Crippen LogP contribution in [0.15, 0.2) is 6.20 Å². The Morgan fingerprint density at radius 1 is 1.43 bits per heavy atom. The van der Waals surface area contributed by atoms with Crippen molar-refractivity contribution in [1.29, 1.82) is 0 Å². The highest BCUT2D eigenvalue weighted by molar-refractivity contribution is 5.43. The third-order valence-electron chi connectivity index (χ3n) is 3.09. The summed E-state index contributed by atoms with van der Waals surface area (Å²) in [5.41, 5.74) is 8.13. The highest BCUT2D eigenvalue weighted by Gasteiger charge is 2.24. The summed E-state index contributed by atoms with van der Waals surface area (Å²) in [4.78, 5) is 0. The van der Waals surface area contributed by atoms with Crippen LogP contribution in [0, 0.1) is 0 Å². The zero-order valence-corrected chi connectivity index (χ0v) is 9.03. The fourth-order valence-corrected chi connectivity index (χ4v) is 2.42. The van der Waals surface area contributed by atoms with E-state index in [0.29, 0.717) is 12.0 Å². The van der Waals surface area contributed by atoms with Crippen LogP contribution in [0.3, 0.4) is 0 Å². The van der Waals surface area contributed by atoms with Crippen LogP contribution in [0.1, 0.15) is 57.2 Å². The molecule has 0 radical (unpaired) electrons. The zero-order valence-electron chi connectivity index (χ0n) is 9.03. The maximum atomic E-state index is 5.98. The van der Waals surface area contributed by atoms with Gasteiger partial charge in [-0.25, -0.2) is 0 Å². The molecule has 0 atom stereocenters. The molecule has 0 unspecified atom stereocenters. The summed E-state index contributed by atoms with van der Waals surface area (Å²) in [5, 5.41) is 4.35. The van der Waals surface area contributed by atoms with Crippen molar-refractivity contribution in [3.05, 3.63) is 11.9 Å². The number of aromatic nitrogens is 2. The number of nitrogens with zero attached hydrogens (tertiary/aromatic N) is 2. The summed E-state index contributed by atoms with van der Waals surface area (Å²) in [6.07, 6.45) is 7.04. The van der Waals surface area contributed by atoms with E-state index in [-0.39, 0.29) is 0 Å². The number of nitrogens with two attached hydrogens (primary N) is 1. The Kier molecular flexibility index (Phi) is 2.48. The molecule has 0 spiro atoms. The lowest BCUT2D eigenvalue weighted by Gasteiger charge is -2.16. The van der Waals surface area contributed by atoms with Gasteiger partial charge in [0.2, 0.25) is 0 Å². The maximum absolute atomic E-state index is 5.98. The lowest BCUT2D eigenvalue weighted by Crippen LogP contribution is -2.11. The maximum Gasteiger partial charge on any atom is 0.0736 e. The molecule has 78 valence electrons. The molecule has 1 fully saturated rings. The van der Waals surface area contributed by atoms with E-state index in [1.54, 1.807) is 6.20 Å². The Morgan fingerprint density at radius 2 is 2.07 bits per heavy atom. The minimum Gasteiger partial charge on any atom is -0.396 e. The summed E-state index contributed by atoms with van der Waals surface area (Å²) in [5.74, 6) is 0.653. The van der Waals surface area contributed by atoms with Gasteiger partial charge in [0.15, 0.2) is 0 Å². The second-order valence-corrected chi connectivity index (χ2v) is 4.50. The van der Waals surface area contributed by atoms with Crippen molar-refractivity contribution >= 4 is 5.69 Å². The molecule has 0 aromatic carbocycles. The topological polar surface area (TPSA) is 43.8 Å². The first-order valence-corrected chi connectivity index (χ1v) is 5.53. The normalized spacial score (nSPS) is 18.2. The van der Waals surface area contributed by atoms with E-state index in [1.807, 2.05) is 0 Å². The van der Waals surface area contributed by atoms with Crippen molar-refractivity contribution in [2.75, 3.05) is 5.73 Å². The second kappa shape index (κ2) is 3.64. The van der Waals surface area contributed by atoms with Gasteiger partial charge in [-0.3, -0.25) is 4.68 Å². The van der Waals surface area contributed by atoms with Crippen LogP contribution in [0.5, 0.6) is 0 Å². The van der Waals surface area contributed by atoms with Crippen molar-refractivity contribution in [2.24, 2.45) is 0 Å². The summed E-state index contributed by atoms with van der Waals surface area (Å²) in [7, 11) is 0. The number of hydrogen-bond acceptors (Lipinski definition) is 2. The van der Waals surface area contributed by atoms with E-state index in [4.69, 9.17) is 5.73 Å². The van der Waals surface area contributed by atoms with Crippen molar-refractivity contribution in [3.8, 4) is 0 Å². The molecule has 0 bridgehead atoms. The predicted octanol–water partition coefficient (Wildman–Crippen LogP) is 2.70. The van der Waals surface area contributed by atoms with E-state index in [1.165, 1.54) is 31.4 Å². The van der Waals surface area contributed by atoms with Gasteiger partial charge in [0.25, 0.3) is 0 Å². The summed E-state index contributed by atoms with van der Waals surface area (Å²) >= 11 is 0. The van der Waals surface area contributed by atoms with Crippen LogP contribution in [0.4, 0.5) is 5.69 Å². The summed E-state index contributed by atoms with van der Waals surface area (Å²) < 4.78 is 2.09. The smallest absolute Gasteiger partial charge is 0.0736 e. The van der Waals surface area contributed by atoms with Crippen molar-refractivity contribution < 1.29 is 0 Å². The first kappa shape index (κ1) is 9.56. The molecule has 3 heteroatoms. The molecule has 3 nitrogen and oxygen atoms in total. The largest absolute Gasteiger partial charge is 0.396 e. The number of hydrogen-bond donors (Lipinski definition) is 1. The molecular formula is C11H19N3. The van der Waals surface area contributed by atoms with E-state index < -0.39 is 0 Å². The van der Waals surface area contributed by atoms with Crippen LogP contribution in [0.2, 0.25) is 0 Å². The molecule has 0 aliphatic heterocycles. The summed E-state index contributed by atoms with van der Waals surface area (Å²) in [6, 6.07) is 0.419. The Morgan fingerprint density at radius 3 is 2.64 bits per heavy atom. The average molecular weight is 193 g/mol. The van der Waals surface area contributed by atoms with Gasteiger partial charge >= 0.3 is 0 Å². The van der Waals surface area contributed by atoms with Crippen molar-refractivity contribution in [2.45, 2.75) is 51.5 Å². The number of anilines is 1.